The van der Waals surface area contributed by atoms with Crippen LogP contribution in [0.15, 0.2) is 0 Å². The number of hydrogen-bond donors (Lipinski definition) is 0. The second-order valence-electron chi connectivity index (χ2n) is 12.0. The maximum absolute atomic E-state index is 12.3. The van der Waals surface area contributed by atoms with E-state index in [2.05, 4.69) is 20.8 Å². The van der Waals surface area contributed by atoms with E-state index in [1.165, 1.54) is 173 Å². The Hall–Kier alpha value is -0.530. The Morgan fingerprint density at radius 3 is 1.08 bits per heavy atom. The number of esters is 1. The second kappa shape index (κ2) is 31.7. The largest absolute Gasteiger partial charge is 0.465 e. The Morgan fingerprint density at radius 1 is 0.432 bits per heavy atom. The number of carbonyl (C=O) groups is 1. The maximum atomic E-state index is 12.3. The van der Waals surface area contributed by atoms with E-state index < -0.39 is 0 Å². The van der Waals surface area contributed by atoms with Gasteiger partial charge in [0.1, 0.15) is 0 Å². The molecule has 0 aliphatic carbocycles. The van der Waals surface area contributed by atoms with Crippen molar-refractivity contribution in [1.82, 2.24) is 0 Å². The van der Waals surface area contributed by atoms with Crippen LogP contribution < -0.4 is 0 Å². The lowest BCUT2D eigenvalue weighted by Gasteiger charge is -2.17. The molecule has 1 atom stereocenters. The molecule has 0 aromatic carbocycles. The van der Waals surface area contributed by atoms with E-state index in [4.69, 9.17) is 4.74 Å². The fraction of sp³-hybridized carbons (Fsp3) is 0.971. The van der Waals surface area contributed by atoms with E-state index >= 15 is 0 Å². The molecule has 37 heavy (non-hydrogen) atoms. The Kier molecular flexibility index (Phi) is 31.2. The van der Waals surface area contributed by atoms with Gasteiger partial charge in [0.05, 0.1) is 6.61 Å². The van der Waals surface area contributed by atoms with Crippen LogP contribution in [0.1, 0.15) is 207 Å². The van der Waals surface area contributed by atoms with Crippen molar-refractivity contribution in [3.63, 3.8) is 0 Å². The molecule has 0 bridgehead atoms. The summed E-state index contributed by atoms with van der Waals surface area (Å²) in [6.45, 7) is 7.52. The molecule has 0 aliphatic heterocycles. The van der Waals surface area contributed by atoms with Gasteiger partial charge in [-0.25, -0.2) is 0 Å². The molecule has 0 fully saturated rings. The SMILES string of the molecule is CCCCCCCCCCCCCC(=O)OCC(CCCCCCC)CCCCCCCCCCCC. The third-order valence-corrected chi connectivity index (χ3v) is 8.15. The summed E-state index contributed by atoms with van der Waals surface area (Å²) in [6.07, 6.45) is 38.2. The molecule has 0 rings (SSSR count). The normalized spacial score (nSPS) is 12.2. The number of carbonyl (C=O) groups excluding carboxylic acids is 1. The summed E-state index contributed by atoms with van der Waals surface area (Å²) in [4.78, 5) is 12.3. The van der Waals surface area contributed by atoms with Gasteiger partial charge in [0.15, 0.2) is 0 Å². The van der Waals surface area contributed by atoms with Gasteiger partial charge in [-0.2, -0.15) is 0 Å². The van der Waals surface area contributed by atoms with Crippen molar-refractivity contribution in [3.05, 3.63) is 0 Å². The zero-order valence-electron chi connectivity index (χ0n) is 26.1. The van der Waals surface area contributed by atoms with Crippen molar-refractivity contribution in [2.24, 2.45) is 5.92 Å². The van der Waals surface area contributed by atoms with Gasteiger partial charge in [0, 0.05) is 6.42 Å². The van der Waals surface area contributed by atoms with Crippen LogP contribution in [0.4, 0.5) is 0 Å². The third-order valence-electron chi connectivity index (χ3n) is 8.15. The number of unbranched alkanes of at least 4 members (excludes halogenated alkanes) is 23. The fourth-order valence-corrected chi connectivity index (χ4v) is 5.48. The Balaban J connectivity index is 3.86. The molecule has 0 spiro atoms. The van der Waals surface area contributed by atoms with E-state index in [1.54, 1.807) is 0 Å². The van der Waals surface area contributed by atoms with Crippen LogP contribution in [0.25, 0.3) is 0 Å². The van der Waals surface area contributed by atoms with Crippen LogP contribution in [-0.2, 0) is 9.53 Å². The molecule has 0 saturated heterocycles. The first-order chi connectivity index (χ1) is 18.2. The zero-order valence-corrected chi connectivity index (χ0v) is 26.1. The maximum Gasteiger partial charge on any atom is 0.305 e. The molecule has 0 amide bonds. The average molecular weight is 523 g/mol. The van der Waals surface area contributed by atoms with Gasteiger partial charge in [-0.05, 0) is 25.2 Å². The number of hydrogen-bond acceptors (Lipinski definition) is 2. The monoisotopic (exact) mass is 523 g/mol. The predicted octanol–water partition coefficient (Wildman–Crippen LogP) is 12.5. The van der Waals surface area contributed by atoms with Crippen LogP contribution in [0.2, 0.25) is 0 Å². The summed E-state index contributed by atoms with van der Waals surface area (Å²) < 4.78 is 5.78. The highest BCUT2D eigenvalue weighted by atomic mass is 16.5. The molecule has 0 aliphatic rings. The molecule has 2 heteroatoms. The summed E-state index contributed by atoms with van der Waals surface area (Å²) in [6, 6.07) is 0. The van der Waals surface area contributed by atoms with Crippen LogP contribution in [0.5, 0.6) is 0 Å². The Morgan fingerprint density at radius 2 is 0.730 bits per heavy atom. The summed E-state index contributed by atoms with van der Waals surface area (Å²) in [5, 5.41) is 0. The summed E-state index contributed by atoms with van der Waals surface area (Å²) in [5.41, 5.74) is 0. The van der Waals surface area contributed by atoms with Gasteiger partial charge in [-0.15, -0.1) is 0 Å². The van der Waals surface area contributed by atoms with Crippen molar-refractivity contribution in [3.8, 4) is 0 Å². The molecule has 0 aromatic heterocycles. The molecule has 222 valence electrons. The molecule has 0 radical (unpaired) electrons. The first-order valence-corrected chi connectivity index (χ1v) is 17.4. The summed E-state index contributed by atoms with van der Waals surface area (Å²) in [5.74, 6) is 0.631. The number of ether oxygens (including phenoxy) is 1. The molecular weight excluding hydrogens is 452 g/mol. The lowest BCUT2D eigenvalue weighted by molar-refractivity contribution is -0.145. The van der Waals surface area contributed by atoms with Gasteiger partial charge in [0.25, 0.3) is 0 Å². The lowest BCUT2D eigenvalue weighted by Crippen LogP contribution is -2.14. The van der Waals surface area contributed by atoms with Crippen molar-refractivity contribution in [1.29, 1.82) is 0 Å². The highest BCUT2D eigenvalue weighted by Gasteiger charge is 2.12. The van der Waals surface area contributed by atoms with Crippen molar-refractivity contribution >= 4 is 5.97 Å². The van der Waals surface area contributed by atoms with Gasteiger partial charge in [-0.3, -0.25) is 4.79 Å². The Bertz CT molecular complexity index is 433. The smallest absolute Gasteiger partial charge is 0.305 e. The van der Waals surface area contributed by atoms with E-state index in [0.29, 0.717) is 18.9 Å². The van der Waals surface area contributed by atoms with Gasteiger partial charge in [0.2, 0.25) is 0 Å². The van der Waals surface area contributed by atoms with Crippen LogP contribution in [0.3, 0.4) is 0 Å². The lowest BCUT2D eigenvalue weighted by atomic mass is 9.94. The fourth-order valence-electron chi connectivity index (χ4n) is 5.48. The first kappa shape index (κ1) is 36.5. The predicted molar refractivity (Wildman–Crippen MR) is 165 cm³/mol. The second-order valence-corrected chi connectivity index (χ2v) is 12.0. The molecule has 2 nitrogen and oxygen atoms in total. The molecule has 0 heterocycles. The summed E-state index contributed by atoms with van der Waals surface area (Å²) in [7, 11) is 0. The topological polar surface area (TPSA) is 26.3 Å². The van der Waals surface area contributed by atoms with Gasteiger partial charge in [-0.1, -0.05) is 181 Å². The molecule has 1 unspecified atom stereocenters. The minimum absolute atomic E-state index is 0.0509. The van der Waals surface area contributed by atoms with Crippen LogP contribution in [0, 0.1) is 5.92 Å². The van der Waals surface area contributed by atoms with Gasteiger partial charge < -0.3 is 4.74 Å². The first-order valence-electron chi connectivity index (χ1n) is 17.4. The van der Waals surface area contributed by atoms with E-state index in [1.807, 2.05) is 0 Å². The van der Waals surface area contributed by atoms with Crippen molar-refractivity contribution in [2.45, 2.75) is 207 Å². The van der Waals surface area contributed by atoms with E-state index in [-0.39, 0.29) is 5.97 Å². The van der Waals surface area contributed by atoms with Gasteiger partial charge >= 0.3 is 5.97 Å². The molecule has 0 aromatic rings. The van der Waals surface area contributed by atoms with E-state index in [9.17, 15) is 4.79 Å². The molecular formula is C35H70O2. The molecule has 0 saturated carbocycles. The van der Waals surface area contributed by atoms with Crippen molar-refractivity contribution in [2.75, 3.05) is 6.61 Å². The minimum atomic E-state index is 0.0509. The highest BCUT2D eigenvalue weighted by Crippen LogP contribution is 2.20. The minimum Gasteiger partial charge on any atom is -0.465 e. The van der Waals surface area contributed by atoms with Crippen LogP contribution in [-0.4, -0.2) is 12.6 Å². The quantitative estimate of drug-likeness (QED) is 0.0668. The number of rotatable bonds is 31. The summed E-state index contributed by atoms with van der Waals surface area (Å²) >= 11 is 0. The third kappa shape index (κ3) is 29.9. The van der Waals surface area contributed by atoms with E-state index in [0.717, 1.165) is 6.42 Å². The van der Waals surface area contributed by atoms with Crippen molar-refractivity contribution < 1.29 is 9.53 Å². The molecule has 0 N–H and O–H groups in total. The zero-order chi connectivity index (χ0) is 27.1. The standard InChI is InChI=1S/C35H70O2/c1-4-7-10-13-15-17-19-21-23-26-29-32-35(36)37-33-34(30-27-24-12-9-6-3)31-28-25-22-20-18-16-14-11-8-5-2/h34H,4-33H2,1-3H3. The average Bonchev–Trinajstić information content (AvgIpc) is 2.90. The Labute approximate surface area is 234 Å². The van der Waals surface area contributed by atoms with Crippen LogP contribution >= 0.6 is 0 Å². The highest BCUT2D eigenvalue weighted by molar-refractivity contribution is 5.69.